The van der Waals surface area contributed by atoms with Crippen molar-refractivity contribution < 1.29 is 0 Å². The summed E-state index contributed by atoms with van der Waals surface area (Å²) in [6.45, 7) is 5.81. The molecular weight excluding hydrogens is 232 g/mol. The summed E-state index contributed by atoms with van der Waals surface area (Å²) in [5, 5.41) is 7.46. The first-order valence-corrected chi connectivity index (χ1v) is 8.80. The lowest BCUT2D eigenvalue weighted by molar-refractivity contribution is 0.106. The van der Waals surface area contributed by atoms with Gasteiger partial charge in [0.1, 0.15) is 0 Å². The van der Waals surface area contributed by atoms with Crippen LogP contribution in [0.3, 0.4) is 0 Å². The molecule has 2 heteroatoms. The number of hydrogen-bond acceptors (Lipinski definition) is 2. The summed E-state index contributed by atoms with van der Waals surface area (Å²) in [6, 6.07) is 0. The highest BCUT2D eigenvalue weighted by molar-refractivity contribution is 4.97. The fourth-order valence-corrected chi connectivity index (χ4v) is 3.91. The predicted octanol–water partition coefficient (Wildman–Crippen LogP) is 3.86. The van der Waals surface area contributed by atoms with E-state index in [1.165, 1.54) is 83.7 Å². The van der Waals surface area contributed by atoms with Gasteiger partial charge in [0.15, 0.2) is 0 Å². The summed E-state index contributed by atoms with van der Waals surface area (Å²) in [7, 11) is 0. The largest absolute Gasteiger partial charge is 0.315 e. The minimum Gasteiger partial charge on any atom is -0.315 e. The van der Waals surface area contributed by atoms with Crippen molar-refractivity contribution >= 4 is 0 Å². The van der Waals surface area contributed by atoms with Crippen molar-refractivity contribution in [2.24, 2.45) is 5.92 Å². The van der Waals surface area contributed by atoms with E-state index < -0.39 is 0 Å². The van der Waals surface area contributed by atoms with Crippen LogP contribution in [0.4, 0.5) is 0 Å². The zero-order chi connectivity index (χ0) is 13.4. The van der Waals surface area contributed by atoms with E-state index in [2.05, 4.69) is 17.6 Å². The van der Waals surface area contributed by atoms with Crippen molar-refractivity contribution in [1.82, 2.24) is 10.6 Å². The van der Waals surface area contributed by atoms with Gasteiger partial charge < -0.3 is 10.6 Å². The van der Waals surface area contributed by atoms with Gasteiger partial charge in [-0.2, -0.15) is 0 Å². The topological polar surface area (TPSA) is 24.1 Å². The molecule has 0 aromatic rings. The lowest BCUT2D eigenvalue weighted by Crippen LogP contribution is -2.53. The SMILES string of the molecule is CCCCCCCNCCNC12CCC(CC1)CC2. The van der Waals surface area contributed by atoms with Gasteiger partial charge in [0.2, 0.25) is 0 Å². The lowest BCUT2D eigenvalue weighted by Gasteiger charge is -2.47. The molecule has 0 atom stereocenters. The number of hydrogen-bond donors (Lipinski definition) is 2. The normalized spacial score (nSPS) is 29.8. The Kier molecular flexibility index (Phi) is 6.66. The van der Waals surface area contributed by atoms with Crippen molar-refractivity contribution in [2.45, 2.75) is 83.1 Å². The van der Waals surface area contributed by atoms with Crippen LogP contribution in [0.25, 0.3) is 0 Å². The summed E-state index contributed by atoms with van der Waals surface area (Å²) in [4.78, 5) is 0. The van der Waals surface area contributed by atoms with Gasteiger partial charge in [-0.05, 0) is 57.4 Å². The third-order valence-electron chi connectivity index (χ3n) is 5.35. The third kappa shape index (κ3) is 5.07. The average molecular weight is 266 g/mol. The quantitative estimate of drug-likeness (QED) is 0.587. The number of nitrogens with one attached hydrogen (secondary N) is 2. The molecule has 0 aliphatic heterocycles. The molecule has 0 saturated heterocycles. The Morgan fingerprint density at radius 2 is 1.53 bits per heavy atom. The van der Waals surface area contributed by atoms with Gasteiger partial charge in [0.25, 0.3) is 0 Å². The lowest BCUT2D eigenvalue weighted by atomic mass is 9.66. The minimum atomic E-state index is 0.539. The summed E-state index contributed by atoms with van der Waals surface area (Å²) in [5.74, 6) is 1.07. The van der Waals surface area contributed by atoms with Gasteiger partial charge in [0, 0.05) is 18.6 Å². The molecule has 3 rings (SSSR count). The molecule has 3 aliphatic rings. The molecule has 0 heterocycles. The van der Waals surface area contributed by atoms with Gasteiger partial charge in [-0.3, -0.25) is 0 Å². The summed E-state index contributed by atoms with van der Waals surface area (Å²) < 4.78 is 0. The predicted molar refractivity (Wildman–Crippen MR) is 83.6 cm³/mol. The highest BCUT2D eigenvalue weighted by Crippen LogP contribution is 2.43. The Morgan fingerprint density at radius 3 is 2.21 bits per heavy atom. The Balaban J connectivity index is 1.43. The van der Waals surface area contributed by atoms with Crippen LogP contribution in [0, 0.1) is 5.92 Å². The van der Waals surface area contributed by atoms with E-state index in [9.17, 15) is 0 Å². The highest BCUT2D eigenvalue weighted by atomic mass is 15.0. The Bertz CT molecular complexity index is 218. The Hall–Kier alpha value is -0.0800. The van der Waals surface area contributed by atoms with Crippen LogP contribution < -0.4 is 10.6 Å². The van der Waals surface area contributed by atoms with Crippen LogP contribution in [0.1, 0.15) is 77.6 Å². The minimum absolute atomic E-state index is 0.539. The highest BCUT2D eigenvalue weighted by Gasteiger charge is 2.39. The second-order valence-electron chi connectivity index (χ2n) is 6.85. The standard InChI is InChI=1S/C17H34N2/c1-2-3-4-5-6-13-18-14-15-19-17-10-7-16(8-11-17)9-12-17/h16,18-19H,2-15H2,1H3. The first-order valence-electron chi connectivity index (χ1n) is 8.80. The molecule has 0 unspecified atom stereocenters. The molecule has 0 amide bonds. The van der Waals surface area contributed by atoms with Crippen molar-refractivity contribution in [3.8, 4) is 0 Å². The van der Waals surface area contributed by atoms with Crippen LogP contribution in [0.5, 0.6) is 0 Å². The van der Waals surface area contributed by atoms with E-state index >= 15 is 0 Å². The van der Waals surface area contributed by atoms with Crippen molar-refractivity contribution in [1.29, 1.82) is 0 Å². The maximum absolute atomic E-state index is 3.87. The number of unbranched alkanes of at least 4 members (excludes halogenated alkanes) is 4. The molecule has 0 aromatic heterocycles. The molecule has 3 fully saturated rings. The zero-order valence-electron chi connectivity index (χ0n) is 13.0. The molecule has 3 saturated carbocycles. The van der Waals surface area contributed by atoms with E-state index in [-0.39, 0.29) is 0 Å². The first kappa shape index (κ1) is 15.3. The summed E-state index contributed by atoms with van der Waals surface area (Å²) in [5.41, 5.74) is 0.539. The number of rotatable bonds is 10. The van der Waals surface area contributed by atoms with Gasteiger partial charge in [-0.15, -0.1) is 0 Å². The Labute approximate surface area is 120 Å². The fraction of sp³-hybridized carbons (Fsp3) is 1.00. The molecule has 2 bridgehead atoms. The molecular formula is C17H34N2. The molecule has 19 heavy (non-hydrogen) atoms. The van der Waals surface area contributed by atoms with Gasteiger partial charge >= 0.3 is 0 Å². The average Bonchev–Trinajstić information content (AvgIpc) is 2.47. The van der Waals surface area contributed by atoms with Crippen molar-refractivity contribution in [3.05, 3.63) is 0 Å². The molecule has 0 aromatic carbocycles. The second-order valence-corrected chi connectivity index (χ2v) is 6.85. The van der Waals surface area contributed by atoms with Crippen LogP contribution in [0.15, 0.2) is 0 Å². The maximum Gasteiger partial charge on any atom is 0.0182 e. The van der Waals surface area contributed by atoms with Gasteiger partial charge in [-0.1, -0.05) is 32.6 Å². The third-order valence-corrected chi connectivity index (χ3v) is 5.35. The molecule has 2 N–H and O–H groups in total. The molecule has 0 radical (unpaired) electrons. The van der Waals surface area contributed by atoms with Crippen LogP contribution in [-0.2, 0) is 0 Å². The second kappa shape index (κ2) is 8.26. The van der Waals surface area contributed by atoms with Gasteiger partial charge in [-0.25, -0.2) is 0 Å². The summed E-state index contributed by atoms with van der Waals surface area (Å²) >= 11 is 0. The van der Waals surface area contributed by atoms with Crippen molar-refractivity contribution in [3.63, 3.8) is 0 Å². The van der Waals surface area contributed by atoms with Crippen molar-refractivity contribution in [2.75, 3.05) is 19.6 Å². The van der Waals surface area contributed by atoms with Crippen LogP contribution in [-0.4, -0.2) is 25.2 Å². The monoisotopic (exact) mass is 266 g/mol. The Morgan fingerprint density at radius 1 is 0.842 bits per heavy atom. The molecule has 0 spiro atoms. The molecule has 2 nitrogen and oxygen atoms in total. The summed E-state index contributed by atoms with van der Waals surface area (Å²) in [6.07, 6.45) is 15.7. The van der Waals surface area contributed by atoms with Crippen LogP contribution >= 0.6 is 0 Å². The van der Waals surface area contributed by atoms with E-state index in [1.54, 1.807) is 0 Å². The van der Waals surface area contributed by atoms with E-state index in [0.717, 1.165) is 12.5 Å². The number of fused-ring (bicyclic) bond motifs is 3. The molecule has 112 valence electrons. The maximum atomic E-state index is 3.87. The van der Waals surface area contributed by atoms with E-state index in [1.807, 2.05) is 0 Å². The molecule has 3 aliphatic carbocycles. The van der Waals surface area contributed by atoms with Gasteiger partial charge in [0.05, 0.1) is 0 Å². The first-order chi connectivity index (χ1) is 9.35. The fourth-order valence-electron chi connectivity index (χ4n) is 3.91. The van der Waals surface area contributed by atoms with E-state index in [0.29, 0.717) is 5.54 Å². The smallest absolute Gasteiger partial charge is 0.0182 e. The van der Waals surface area contributed by atoms with E-state index in [4.69, 9.17) is 0 Å². The van der Waals surface area contributed by atoms with Crippen LogP contribution in [0.2, 0.25) is 0 Å². The zero-order valence-corrected chi connectivity index (χ0v) is 13.0.